The number of nitrogen functional groups attached to an aromatic ring is 1. The first-order valence-corrected chi connectivity index (χ1v) is 6.28. The molecule has 0 saturated heterocycles. The standard InChI is InChI=1S/C9H6BrN5OS/c10-4-1-6(17-3-4)8-13-9(16-15-8)5-2-12-14-7(5)11/h1-3H,(H3,11,12,14). The molecule has 0 aliphatic rings. The Labute approximate surface area is 108 Å². The largest absolute Gasteiger partial charge is 0.383 e. The van der Waals surface area contributed by atoms with Crippen LogP contribution in [0.5, 0.6) is 0 Å². The predicted octanol–water partition coefficient (Wildman–Crippen LogP) is 2.53. The number of hydrogen-bond acceptors (Lipinski definition) is 6. The van der Waals surface area contributed by atoms with Crippen LogP contribution < -0.4 is 5.73 Å². The molecule has 6 nitrogen and oxygen atoms in total. The van der Waals surface area contributed by atoms with E-state index in [1.54, 1.807) is 6.20 Å². The van der Waals surface area contributed by atoms with E-state index in [1.807, 2.05) is 11.4 Å². The zero-order valence-electron chi connectivity index (χ0n) is 8.35. The lowest BCUT2D eigenvalue weighted by molar-refractivity contribution is 0.432. The fourth-order valence-corrected chi connectivity index (χ4v) is 2.68. The Bertz CT molecular complexity index is 658. The molecule has 0 saturated carbocycles. The first-order valence-electron chi connectivity index (χ1n) is 4.61. The third-order valence-corrected chi connectivity index (χ3v) is 3.80. The molecule has 0 aliphatic heterocycles. The molecule has 0 fully saturated rings. The summed E-state index contributed by atoms with van der Waals surface area (Å²) in [6.07, 6.45) is 1.55. The minimum absolute atomic E-state index is 0.357. The average molecular weight is 312 g/mol. The number of nitrogens with two attached hydrogens (primary N) is 1. The van der Waals surface area contributed by atoms with Gasteiger partial charge in [0.25, 0.3) is 5.89 Å². The van der Waals surface area contributed by atoms with Gasteiger partial charge in [0.15, 0.2) is 0 Å². The van der Waals surface area contributed by atoms with Gasteiger partial charge in [-0.3, -0.25) is 5.10 Å². The Hall–Kier alpha value is -1.67. The Morgan fingerprint density at radius 1 is 1.47 bits per heavy atom. The van der Waals surface area contributed by atoms with Crippen molar-refractivity contribution in [2.45, 2.75) is 0 Å². The van der Waals surface area contributed by atoms with E-state index in [-0.39, 0.29) is 0 Å². The van der Waals surface area contributed by atoms with E-state index in [2.05, 4.69) is 36.3 Å². The Morgan fingerprint density at radius 3 is 3.00 bits per heavy atom. The number of H-pyrrole nitrogens is 1. The summed E-state index contributed by atoms with van der Waals surface area (Å²) >= 11 is 4.91. The number of rotatable bonds is 2. The number of nitrogens with zero attached hydrogens (tertiary/aromatic N) is 3. The smallest absolute Gasteiger partial charge is 0.263 e. The lowest BCUT2D eigenvalue weighted by atomic mass is 10.3. The molecule has 0 aliphatic carbocycles. The number of aromatic nitrogens is 4. The molecule has 3 aromatic rings. The van der Waals surface area contributed by atoms with Crippen LogP contribution in [0.25, 0.3) is 22.2 Å². The molecule has 0 spiro atoms. The van der Waals surface area contributed by atoms with E-state index in [1.165, 1.54) is 11.3 Å². The number of nitrogens with one attached hydrogen (secondary N) is 1. The fourth-order valence-electron chi connectivity index (χ4n) is 1.33. The van der Waals surface area contributed by atoms with Crippen LogP contribution in [0.4, 0.5) is 5.82 Å². The summed E-state index contributed by atoms with van der Waals surface area (Å²) in [7, 11) is 0. The van der Waals surface area contributed by atoms with Crippen LogP contribution in [0.3, 0.4) is 0 Å². The molecule has 3 heterocycles. The van der Waals surface area contributed by atoms with Crippen molar-refractivity contribution >= 4 is 33.1 Å². The molecule has 0 bridgehead atoms. The van der Waals surface area contributed by atoms with E-state index >= 15 is 0 Å². The molecule has 0 atom stereocenters. The zero-order chi connectivity index (χ0) is 11.8. The summed E-state index contributed by atoms with van der Waals surface area (Å²) in [6.45, 7) is 0. The lowest BCUT2D eigenvalue weighted by Crippen LogP contribution is -1.87. The van der Waals surface area contributed by atoms with Gasteiger partial charge in [0.05, 0.1) is 11.1 Å². The number of thiophene rings is 1. The molecule has 0 unspecified atom stereocenters. The molecule has 17 heavy (non-hydrogen) atoms. The van der Waals surface area contributed by atoms with Crippen molar-refractivity contribution in [3.63, 3.8) is 0 Å². The van der Waals surface area contributed by atoms with Gasteiger partial charge in [-0.1, -0.05) is 5.16 Å². The zero-order valence-corrected chi connectivity index (χ0v) is 10.7. The maximum absolute atomic E-state index is 5.67. The number of halogens is 1. The van der Waals surface area contributed by atoms with E-state index in [4.69, 9.17) is 10.3 Å². The summed E-state index contributed by atoms with van der Waals surface area (Å²) in [4.78, 5) is 5.19. The quantitative estimate of drug-likeness (QED) is 0.758. The Kier molecular flexibility index (Phi) is 2.45. The highest BCUT2D eigenvalue weighted by Gasteiger charge is 2.15. The second kappa shape index (κ2) is 3.97. The van der Waals surface area contributed by atoms with Crippen LogP contribution >= 0.6 is 27.3 Å². The molecule has 0 aromatic carbocycles. The third kappa shape index (κ3) is 1.85. The molecular weight excluding hydrogens is 306 g/mol. The predicted molar refractivity (Wildman–Crippen MR) is 67.3 cm³/mol. The topological polar surface area (TPSA) is 93.6 Å². The van der Waals surface area contributed by atoms with Crippen LogP contribution in [0.1, 0.15) is 0 Å². The van der Waals surface area contributed by atoms with Crippen LogP contribution in [-0.4, -0.2) is 20.3 Å². The highest BCUT2D eigenvalue weighted by atomic mass is 79.9. The van der Waals surface area contributed by atoms with Crippen LogP contribution in [0, 0.1) is 0 Å². The minimum Gasteiger partial charge on any atom is -0.383 e. The highest BCUT2D eigenvalue weighted by Crippen LogP contribution is 2.30. The minimum atomic E-state index is 0.357. The highest BCUT2D eigenvalue weighted by molar-refractivity contribution is 9.10. The van der Waals surface area contributed by atoms with E-state index in [0.717, 1.165) is 9.35 Å². The third-order valence-electron chi connectivity index (χ3n) is 2.11. The van der Waals surface area contributed by atoms with E-state index < -0.39 is 0 Å². The molecule has 0 radical (unpaired) electrons. The monoisotopic (exact) mass is 311 g/mol. The maximum Gasteiger partial charge on any atom is 0.263 e. The van der Waals surface area contributed by atoms with Crippen molar-refractivity contribution in [1.82, 2.24) is 20.3 Å². The van der Waals surface area contributed by atoms with E-state index in [0.29, 0.717) is 23.1 Å². The summed E-state index contributed by atoms with van der Waals surface area (Å²) in [5.74, 6) is 1.31. The number of aromatic amines is 1. The van der Waals surface area contributed by atoms with Gasteiger partial charge in [0.2, 0.25) is 5.82 Å². The second-order valence-corrected chi connectivity index (χ2v) is 5.08. The van der Waals surface area contributed by atoms with Crippen molar-refractivity contribution < 1.29 is 4.52 Å². The van der Waals surface area contributed by atoms with E-state index in [9.17, 15) is 0 Å². The molecule has 3 N–H and O–H groups in total. The molecule has 86 valence electrons. The van der Waals surface area contributed by atoms with Crippen molar-refractivity contribution in [2.24, 2.45) is 0 Å². The maximum atomic E-state index is 5.67. The van der Waals surface area contributed by atoms with Crippen LogP contribution in [-0.2, 0) is 0 Å². The lowest BCUT2D eigenvalue weighted by Gasteiger charge is -1.87. The second-order valence-electron chi connectivity index (χ2n) is 3.25. The molecule has 3 aromatic heterocycles. The first kappa shape index (κ1) is 10.5. The van der Waals surface area contributed by atoms with Crippen molar-refractivity contribution in [3.05, 3.63) is 22.1 Å². The molecule has 3 rings (SSSR count). The first-order chi connectivity index (χ1) is 8.24. The average Bonchev–Trinajstić information content (AvgIpc) is 2.97. The van der Waals surface area contributed by atoms with Gasteiger partial charge < -0.3 is 10.3 Å². The molecular formula is C9H6BrN5OS. The number of hydrogen-bond donors (Lipinski definition) is 2. The van der Waals surface area contributed by atoms with Gasteiger partial charge in [0, 0.05) is 9.85 Å². The summed E-state index contributed by atoms with van der Waals surface area (Å²) in [5.41, 5.74) is 6.28. The van der Waals surface area contributed by atoms with Gasteiger partial charge in [-0.15, -0.1) is 11.3 Å². The van der Waals surface area contributed by atoms with Crippen LogP contribution in [0.15, 0.2) is 26.6 Å². The normalized spacial score (nSPS) is 10.9. The van der Waals surface area contributed by atoms with Gasteiger partial charge in [0.1, 0.15) is 11.4 Å². The molecule has 0 amide bonds. The molecule has 8 heteroatoms. The van der Waals surface area contributed by atoms with Gasteiger partial charge in [-0.2, -0.15) is 10.1 Å². The van der Waals surface area contributed by atoms with Crippen molar-refractivity contribution in [2.75, 3.05) is 5.73 Å². The van der Waals surface area contributed by atoms with Crippen LogP contribution in [0.2, 0.25) is 0 Å². The summed E-state index contributed by atoms with van der Waals surface area (Å²) in [6, 6.07) is 1.93. The fraction of sp³-hybridized carbons (Fsp3) is 0. The van der Waals surface area contributed by atoms with Crippen molar-refractivity contribution in [3.8, 4) is 22.2 Å². The summed E-state index contributed by atoms with van der Waals surface area (Å²) in [5, 5.41) is 12.3. The Balaban J connectivity index is 2.01. The van der Waals surface area contributed by atoms with Crippen molar-refractivity contribution in [1.29, 1.82) is 0 Å². The van der Waals surface area contributed by atoms with Gasteiger partial charge in [-0.05, 0) is 22.0 Å². The Morgan fingerprint density at radius 2 is 2.35 bits per heavy atom. The van der Waals surface area contributed by atoms with Gasteiger partial charge >= 0.3 is 0 Å². The van der Waals surface area contributed by atoms with Gasteiger partial charge in [-0.25, -0.2) is 0 Å². The summed E-state index contributed by atoms with van der Waals surface area (Å²) < 4.78 is 6.14. The SMILES string of the molecule is Nc1[nH]ncc1-c1nc(-c2cc(Br)cs2)no1. The number of anilines is 1.